The smallest absolute Gasteiger partial charge is 0.411 e. The zero-order chi connectivity index (χ0) is 33.4. The highest BCUT2D eigenvalue weighted by atomic mass is 32.1. The molecule has 0 saturated carbocycles. The first-order valence-corrected chi connectivity index (χ1v) is 15.6. The molecule has 11 nitrogen and oxygen atoms in total. The van der Waals surface area contributed by atoms with Crippen molar-refractivity contribution in [2.24, 2.45) is 4.99 Å². The summed E-state index contributed by atoms with van der Waals surface area (Å²) in [7, 11) is 0. The van der Waals surface area contributed by atoms with Crippen molar-refractivity contribution < 1.29 is 38.2 Å². The second kappa shape index (κ2) is 12.5. The summed E-state index contributed by atoms with van der Waals surface area (Å²) in [5, 5.41) is 0.222. The van der Waals surface area contributed by atoms with Crippen LogP contribution in [0.5, 0.6) is 5.06 Å². The largest absolute Gasteiger partial charge is 0.478 e. The number of ether oxygens (including phenoxy) is 3. The van der Waals surface area contributed by atoms with Gasteiger partial charge in [0.15, 0.2) is 5.06 Å². The first kappa shape index (κ1) is 32.6. The van der Waals surface area contributed by atoms with Crippen molar-refractivity contribution in [3.8, 4) is 5.06 Å². The second-order valence-corrected chi connectivity index (χ2v) is 14.1. The van der Waals surface area contributed by atoms with Gasteiger partial charge in [-0.25, -0.2) is 14.4 Å². The molecule has 2 aliphatic heterocycles. The Labute approximate surface area is 270 Å². The number of benzene rings is 2. The Morgan fingerprint density at radius 3 is 2.07 bits per heavy atom. The zero-order valence-corrected chi connectivity index (χ0v) is 27.3. The summed E-state index contributed by atoms with van der Waals surface area (Å²) in [6, 6.07) is 13.5. The van der Waals surface area contributed by atoms with Crippen LogP contribution < -0.4 is 4.74 Å². The number of carbonyl (C=O) groups is 4. The average Bonchev–Trinajstić information content (AvgIpc) is 3.46. The molecule has 3 amide bonds. The number of nitrogens with zero attached hydrogens (tertiary/aromatic N) is 3. The lowest BCUT2D eigenvalue weighted by atomic mass is 9.90. The monoisotopic (exact) mass is 645 g/mol. The first-order chi connectivity index (χ1) is 21.7. The third kappa shape index (κ3) is 6.73. The van der Waals surface area contributed by atoms with Gasteiger partial charge in [-0.05, 0) is 59.2 Å². The van der Waals surface area contributed by atoms with Crippen LogP contribution in [0.3, 0.4) is 0 Å². The van der Waals surface area contributed by atoms with E-state index in [0.29, 0.717) is 10.4 Å². The molecule has 0 fully saturated rings. The van der Waals surface area contributed by atoms with Gasteiger partial charge in [0.1, 0.15) is 29.4 Å². The summed E-state index contributed by atoms with van der Waals surface area (Å²) in [5.74, 6) is -1.80. The normalized spacial score (nSPS) is 17.6. The van der Waals surface area contributed by atoms with Crippen molar-refractivity contribution in [2.45, 2.75) is 78.0 Å². The minimum absolute atomic E-state index is 0.0612. The lowest BCUT2D eigenvalue weighted by Crippen LogP contribution is -2.53. The van der Waals surface area contributed by atoms with Crippen LogP contribution in [-0.2, 0) is 27.4 Å². The molecular weight excluding hydrogens is 610 g/mol. The molecule has 1 unspecified atom stereocenters. The van der Waals surface area contributed by atoms with Gasteiger partial charge in [-0.3, -0.25) is 19.4 Å². The third-order valence-corrected chi connectivity index (χ3v) is 8.35. The Balaban J connectivity index is 1.63. The minimum Gasteiger partial charge on any atom is -0.478 e. The number of rotatable bonds is 7. The SMILES string of the molecule is CC(C)(C)OC(=O)c1c(OCc2ccccc2)sc2c1C(N=C=O)[C@H](CN1C(=O)c3ccccc3C1=O)N(C(=O)OC(C)(C)C)C2. The number of hydrogen-bond acceptors (Lipinski definition) is 10. The lowest BCUT2D eigenvalue weighted by molar-refractivity contribution is 0.00320. The molecule has 0 saturated heterocycles. The third-order valence-electron chi connectivity index (χ3n) is 7.25. The number of amides is 3. The molecular formula is C34H35N3O8S. The molecule has 2 aliphatic rings. The van der Waals surface area contributed by atoms with Crippen molar-refractivity contribution in [3.63, 3.8) is 0 Å². The number of fused-ring (bicyclic) bond motifs is 2. The van der Waals surface area contributed by atoms with E-state index in [-0.39, 0.29) is 41.4 Å². The first-order valence-electron chi connectivity index (χ1n) is 14.8. The summed E-state index contributed by atoms with van der Waals surface area (Å²) in [5.41, 5.74) is -0.0803. The zero-order valence-electron chi connectivity index (χ0n) is 26.5. The number of thiophene rings is 1. The van der Waals surface area contributed by atoms with Gasteiger partial charge in [0.05, 0.1) is 30.3 Å². The minimum atomic E-state index is -1.22. The lowest BCUT2D eigenvalue weighted by Gasteiger charge is -2.40. The van der Waals surface area contributed by atoms with Crippen LogP contribution in [0.4, 0.5) is 4.79 Å². The molecule has 0 spiro atoms. The van der Waals surface area contributed by atoms with Crippen LogP contribution in [-0.4, -0.2) is 63.5 Å². The quantitative estimate of drug-likeness (QED) is 0.131. The molecule has 0 aliphatic carbocycles. The molecule has 240 valence electrons. The topological polar surface area (TPSA) is 132 Å². The van der Waals surface area contributed by atoms with Gasteiger partial charge in [0.2, 0.25) is 6.08 Å². The fourth-order valence-electron chi connectivity index (χ4n) is 5.40. The van der Waals surface area contributed by atoms with E-state index < -0.39 is 47.2 Å². The van der Waals surface area contributed by atoms with Gasteiger partial charge in [-0.2, -0.15) is 4.99 Å². The van der Waals surface area contributed by atoms with Crippen LogP contribution in [0.15, 0.2) is 59.6 Å². The standard InChI is InChI=1S/C34H35N3O8S/c1-33(2,3)44-30(41)26-25-24(46-31(26)43-18-20-12-8-7-9-13-20)17-36(32(42)45-34(4,5)6)23(27(25)35-19-38)16-37-28(39)21-14-10-11-15-22(21)29(37)40/h7-15,23,27H,16-18H2,1-6H3/t23-,27?/m0/s1. The van der Waals surface area contributed by atoms with Crippen LogP contribution in [0.2, 0.25) is 0 Å². The summed E-state index contributed by atoms with van der Waals surface area (Å²) >= 11 is 1.13. The van der Waals surface area contributed by atoms with Gasteiger partial charge in [-0.15, -0.1) is 11.3 Å². The van der Waals surface area contributed by atoms with E-state index in [0.717, 1.165) is 21.8 Å². The van der Waals surface area contributed by atoms with E-state index in [2.05, 4.69) is 4.99 Å². The number of esters is 1. The maximum absolute atomic E-state index is 13.8. The van der Waals surface area contributed by atoms with Crippen LogP contribution in [0.1, 0.15) is 94.7 Å². The maximum Gasteiger partial charge on any atom is 0.411 e. The molecule has 0 bridgehead atoms. The van der Waals surface area contributed by atoms with E-state index in [1.807, 2.05) is 30.3 Å². The molecule has 12 heteroatoms. The molecule has 46 heavy (non-hydrogen) atoms. The molecule has 2 atom stereocenters. The van der Waals surface area contributed by atoms with Crippen molar-refractivity contribution in [1.29, 1.82) is 0 Å². The van der Waals surface area contributed by atoms with Crippen LogP contribution >= 0.6 is 11.3 Å². The second-order valence-electron chi connectivity index (χ2n) is 13.0. The van der Waals surface area contributed by atoms with E-state index in [1.165, 1.54) is 4.90 Å². The average molecular weight is 646 g/mol. The van der Waals surface area contributed by atoms with E-state index in [1.54, 1.807) is 71.9 Å². The van der Waals surface area contributed by atoms with Crippen LogP contribution in [0, 0.1) is 0 Å². The molecule has 3 heterocycles. The predicted molar refractivity (Wildman–Crippen MR) is 168 cm³/mol. The number of carbonyl (C=O) groups excluding carboxylic acids is 5. The van der Waals surface area contributed by atoms with Crippen molar-refractivity contribution in [1.82, 2.24) is 9.80 Å². The molecule has 2 aromatic carbocycles. The summed E-state index contributed by atoms with van der Waals surface area (Å²) in [6.45, 7) is 10.0. The van der Waals surface area contributed by atoms with Gasteiger partial charge in [-0.1, -0.05) is 42.5 Å². The molecule has 0 N–H and O–H groups in total. The molecule has 0 radical (unpaired) electrons. The van der Waals surface area contributed by atoms with Gasteiger partial charge in [0.25, 0.3) is 11.8 Å². The highest BCUT2D eigenvalue weighted by Gasteiger charge is 2.48. The molecule has 1 aromatic heterocycles. The Hall–Kier alpha value is -4.80. The fraction of sp³-hybridized carbons (Fsp3) is 0.382. The maximum atomic E-state index is 13.8. The summed E-state index contributed by atoms with van der Waals surface area (Å²) in [6.07, 6.45) is 0.836. The fourth-order valence-corrected chi connectivity index (χ4v) is 6.57. The van der Waals surface area contributed by atoms with Crippen molar-refractivity contribution in [2.75, 3.05) is 6.54 Å². The highest BCUT2D eigenvalue weighted by Crippen LogP contribution is 2.47. The number of aliphatic imine (C=N–C) groups is 1. The van der Waals surface area contributed by atoms with Crippen molar-refractivity contribution >= 4 is 41.3 Å². The molecule has 5 rings (SSSR count). The van der Waals surface area contributed by atoms with E-state index in [9.17, 15) is 24.0 Å². The number of hydrogen-bond donors (Lipinski definition) is 0. The summed E-state index contributed by atoms with van der Waals surface area (Å²) in [4.78, 5) is 73.3. The predicted octanol–water partition coefficient (Wildman–Crippen LogP) is 6.07. The van der Waals surface area contributed by atoms with Gasteiger partial charge >= 0.3 is 12.1 Å². The number of imide groups is 1. The molecule has 3 aromatic rings. The Kier molecular flexibility index (Phi) is 8.88. The van der Waals surface area contributed by atoms with Crippen LogP contribution in [0.25, 0.3) is 0 Å². The van der Waals surface area contributed by atoms with Gasteiger partial charge < -0.3 is 14.2 Å². The van der Waals surface area contributed by atoms with Gasteiger partial charge in [0, 0.05) is 10.4 Å². The van der Waals surface area contributed by atoms with Crippen molar-refractivity contribution in [3.05, 3.63) is 87.3 Å². The summed E-state index contributed by atoms with van der Waals surface area (Å²) < 4.78 is 17.7. The Morgan fingerprint density at radius 1 is 0.913 bits per heavy atom. The van der Waals surface area contributed by atoms with E-state index >= 15 is 0 Å². The Bertz CT molecular complexity index is 1700. The Morgan fingerprint density at radius 2 is 1.50 bits per heavy atom. The van der Waals surface area contributed by atoms with E-state index in [4.69, 9.17) is 14.2 Å². The number of isocyanates is 1. The highest BCUT2D eigenvalue weighted by molar-refractivity contribution is 7.14.